The molecule has 4 nitrogen and oxygen atoms in total. The standard InChI is InChI=1S/C15H21N3O/c1-16-18-14(19)17-11-15(18)9-7-13(8-10-15)12-5-3-2-4-6-12/h2-6,13,16H,7-11H2,1H3,(H,17,19). The van der Waals surface area contributed by atoms with E-state index in [2.05, 4.69) is 41.1 Å². The molecule has 0 unspecified atom stereocenters. The molecule has 0 aromatic heterocycles. The maximum atomic E-state index is 11.8. The monoisotopic (exact) mass is 259 g/mol. The van der Waals surface area contributed by atoms with E-state index in [9.17, 15) is 4.79 Å². The quantitative estimate of drug-likeness (QED) is 0.855. The van der Waals surface area contributed by atoms with E-state index in [4.69, 9.17) is 0 Å². The number of nitrogens with one attached hydrogen (secondary N) is 2. The van der Waals surface area contributed by atoms with Gasteiger partial charge in [0, 0.05) is 13.6 Å². The summed E-state index contributed by atoms with van der Waals surface area (Å²) in [6.07, 6.45) is 4.42. The highest BCUT2D eigenvalue weighted by atomic mass is 16.2. The van der Waals surface area contributed by atoms with Crippen LogP contribution in [0.5, 0.6) is 0 Å². The smallest absolute Gasteiger partial charge is 0.332 e. The third-order valence-corrected chi connectivity index (χ3v) is 4.66. The number of urea groups is 1. The summed E-state index contributed by atoms with van der Waals surface area (Å²) in [5.41, 5.74) is 4.47. The second-order valence-corrected chi connectivity index (χ2v) is 5.63. The van der Waals surface area contributed by atoms with Crippen LogP contribution in [0.4, 0.5) is 4.79 Å². The molecule has 1 aliphatic heterocycles. The molecule has 2 fully saturated rings. The zero-order chi connectivity index (χ0) is 13.3. The van der Waals surface area contributed by atoms with Crippen molar-refractivity contribution in [2.75, 3.05) is 13.6 Å². The van der Waals surface area contributed by atoms with E-state index in [1.807, 2.05) is 7.05 Å². The van der Waals surface area contributed by atoms with Crippen LogP contribution < -0.4 is 10.7 Å². The molecule has 1 aromatic carbocycles. The Kier molecular flexibility index (Phi) is 3.19. The molecule has 2 amide bonds. The lowest BCUT2D eigenvalue weighted by Crippen LogP contribution is -2.54. The van der Waals surface area contributed by atoms with Gasteiger partial charge in [0.1, 0.15) is 0 Å². The summed E-state index contributed by atoms with van der Waals surface area (Å²) in [7, 11) is 1.83. The van der Waals surface area contributed by atoms with Gasteiger partial charge in [-0.2, -0.15) is 0 Å². The van der Waals surface area contributed by atoms with Crippen LogP contribution in [0.1, 0.15) is 37.2 Å². The number of benzene rings is 1. The highest BCUT2D eigenvalue weighted by molar-refractivity contribution is 5.77. The molecule has 2 N–H and O–H groups in total. The van der Waals surface area contributed by atoms with Gasteiger partial charge in [0.25, 0.3) is 0 Å². The van der Waals surface area contributed by atoms with Crippen LogP contribution in [0.25, 0.3) is 0 Å². The number of amides is 2. The third-order valence-electron chi connectivity index (χ3n) is 4.66. The van der Waals surface area contributed by atoms with Gasteiger partial charge in [-0.3, -0.25) is 5.01 Å². The summed E-state index contributed by atoms with van der Waals surface area (Å²) in [6.45, 7) is 0.772. The molecule has 0 bridgehead atoms. The second-order valence-electron chi connectivity index (χ2n) is 5.63. The number of carbonyl (C=O) groups is 1. The van der Waals surface area contributed by atoms with Gasteiger partial charge in [0.15, 0.2) is 0 Å². The molecular formula is C15H21N3O. The van der Waals surface area contributed by atoms with E-state index in [0.29, 0.717) is 5.92 Å². The Labute approximate surface area is 114 Å². The van der Waals surface area contributed by atoms with Gasteiger partial charge in [-0.1, -0.05) is 30.3 Å². The van der Waals surface area contributed by atoms with Crippen LogP contribution in [0.3, 0.4) is 0 Å². The van der Waals surface area contributed by atoms with Crippen molar-refractivity contribution < 1.29 is 4.79 Å². The molecule has 0 radical (unpaired) electrons. The molecule has 0 atom stereocenters. The number of hydrogen-bond acceptors (Lipinski definition) is 2. The van der Waals surface area contributed by atoms with E-state index in [1.165, 1.54) is 5.56 Å². The Bertz CT molecular complexity index is 452. The fraction of sp³-hybridized carbons (Fsp3) is 0.533. The minimum atomic E-state index is -0.0168. The highest BCUT2D eigenvalue weighted by Crippen LogP contribution is 2.41. The van der Waals surface area contributed by atoms with Crippen molar-refractivity contribution in [3.63, 3.8) is 0 Å². The topological polar surface area (TPSA) is 44.4 Å². The van der Waals surface area contributed by atoms with Crippen molar-refractivity contribution in [3.8, 4) is 0 Å². The molecule has 1 saturated carbocycles. The van der Waals surface area contributed by atoms with Crippen LogP contribution in [0.2, 0.25) is 0 Å². The molecule has 1 aliphatic carbocycles. The lowest BCUT2D eigenvalue weighted by atomic mass is 9.74. The van der Waals surface area contributed by atoms with E-state index >= 15 is 0 Å². The summed E-state index contributed by atoms with van der Waals surface area (Å²) < 4.78 is 0. The molecule has 3 rings (SSSR count). The van der Waals surface area contributed by atoms with Gasteiger partial charge in [-0.25, -0.2) is 10.2 Å². The summed E-state index contributed by atoms with van der Waals surface area (Å²) in [5, 5.41) is 4.76. The van der Waals surface area contributed by atoms with Gasteiger partial charge >= 0.3 is 6.03 Å². The predicted molar refractivity (Wildman–Crippen MR) is 74.7 cm³/mol. The fourth-order valence-corrected chi connectivity index (χ4v) is 3.57. The molecule has 1 heterocycles. The van der Waals surface area contributed by atoms with E-state index in [1.54, 1.807) is 5.01 Å². The molecule has 4 heteroatoms. The van der Waals surface area contributed by atoms with E-state index in [-0.39, 0.29) is 11.6 Å². The first-order valence-electron chi connectivity index (χ1n) is 7.06. The van der Waals surface area contributed by atoms with E-state index in [0.717, 1.165) is 32.2 Å². The average molecular weight is 259 g/mol. The largest absolute Gasteiger partial charge is 0.334 e. The predicted octanol–water partition coefficient (Wildman–Crippen LogP) is 2.24. The number of hydrazine groups is 1. The maximum absolute atomic E-state index is 11.8. The summed E-state index contributed by atoms with van der Waals surface area (Å²) in [5.74, 6) is 0.640. The van der Waals surface area contributed by atoms with Crippen LogP contribution in [0, 0.1) is 0 Å². The number of nitrogens with zero attached hydrogens (tertiary/aromatic N) is 1. The third kappa shape index (κ3) is 2.10. The summed E-state index contributed by atoms with van der Waals surface area (Å²) >= 11 is 0. The number of carbonyl (C=O) groups excluding carboxylic acids is 1. The lowest BCUT2D eigenvalue weighted by Gasteiger charge is -2.41. The Hall–Kier alpha value is -1.55. The van der Waals surface area contributed by atoms with Crippen molar-refractivity contribution in [1.29, 1.82) is 0 Å². The van der Waals surface area contributed by atoms with Crippen LogP contribution in [-0.2, 0) is 0 Å². The first-order valence-corrected chi connectivity index (χ1v) is 7.06. The van der Waals surface area contributed by atoms with Crippen molar-refractivity contribution in [3.05, 3.63) is 35.9 Å². The first-order chi connectivity index (χ1) is 9.25. The summed E-state index contributed by atoms with van der Waals surface area (Å²) in [4.78, 5) is 11.8. The Balaban J connectivity index is 1.71. The van der Waals surface area contributed by atoms with Gasteiger partial charge in [0.2, 0.25) is 0 Å². The molecule has 2 aliphatic rings. The van der Waals surface area contributed by atoms with Gasteiger partial charge in [0.05, 0.1) is 5.54 Å². The van der Waals surface area contributed by atoms with Gasteiger partial charge in [-0.05, 0) is 37.2 Å². The van der Waals surface area contributed by atoms with Crippen molar-refractivity contribution in [1.82, 2.24) is 15.8 Å². The molecular weight excluding hydrogens is 238 g/mol. The van der Waals surface area contributed by atoms with Crippen LogP contribution in [-0.4, -0.2) is 30.2 Å². The van der Waals surface area contributed by atoms with Crippen molar-refractivity contribution in [2.24, 2.45) is 0 Å². The number of rotatable bonds is 2. The molecule has 1 saturated heterocycles. The van der Waals surface area contributed by atoms with Gasteiger partial charge < -0.3 is 5.32 Å². The fourth-order valence-electron chi connectivity index (χ4n) is 3.57. The first kappa shape index (κ1) is 12.5. The minimum Gasteiger partial charge on any atom is -0.334 e. The zero-order valence-corrected chi connectivity index (χ0v) is 11.4. The summed E-state index contributed by atoms with van der Waals surface area (Å²) in [6, 6.07) is 10.7. The lowest BCUT2D eigenvalue weighted by molar-refractivity contribution is 0.0803. The SMILES string of the molecule is CNN1C(=O)NCC12CCC(c1ccccc1)CC2. The van der Waals surface area contributed by atoms with Crippen LogP contribution in [0.15, 0.2) is 30.3 Å². The second kappa shape index (κ2) is 4.85. The minimum absolute atomic E-state index is 0.0145. The highest BCUT2D eigenvalue weighted by Gasteiger charge is 2.47. The van der Waals surface area contributed by atoms with Crippen molar-refractivity contribution in [2.45, 2.75) is 37.1 Å². The molecule has 1 aromatic rings. The number of hydrogen-bond donors (Lipinski definition) is 2. The molecule has 19 heavy (non-hydrogen) atoms. The van der Waals surface area contributed by atoms with Gasteiger partial charge in [-0.15, -0.1) is 0 Å². The Morgan fingerprint density at radius 1 is 1.26 bits per heavy atom. The van der Waals surface area contributed by atoms with E-state index < -0.39 is 0 Å². The average Bonchev–Trinajstić information content (AvgIpc) is 2.77. The normalized spacial score (nSPS) is 30.7. The molecule has 1 spiro atoms. The Morgan fingerprint density at radius 2 is 1.95 bits per heavy atom. The maximum Gasteiger partial charge on any atom is 0.332 e. The van der Waals surface area contributed by atoms with Crippen LogP contribution >= 0.6 is 0 Å². The Morgan fingerprint density at radius 3 is 2.58 bits per heavy atom. The zero-order valence-electron chi connectivity index (χ0n) is 11.4. The van der Waals surface area contributed by atoms with Crippen molar-refractivity contribution >= 4 is 6.03 Å². The molecule has 102 valence electrons.